The van der Waals surface area contributed by atoms with E-state index in [-0.39, 0.29) is 17.4 Å². The average molecular weight is 343 g/mol. The predicted octanol–water partition coefficient (Wildman–Crippen LogP) is 1.53. The monoisotopic (exact) mass is 343 g/mol. The van der Waals surface area contributed by atoms with Gasteiger partial charge in [0.05, 0.1) is 0 Å². The summed E-state index contributed by atoms with van der Waals surface area (Å²) in [5.41, 5.74) is 3.40. The molecule has 0 spiro atoms. The van der Waals surface area contributed by atoms with Crippen LogP contribution in [0.5, 0.6) is 0 Å². The molecule has 0 aromatic carbocycles. The number of rotatable bonds is 5. The Balaban J connectivity index is 1.96. The molecule has 0 fully saturated rings. The summed E-state index contributed by atoms with van der Waals surface area (Å²) in [7, 11) is -3.73. The average Bonchev–Trinajstić information content (AvgIpc) is 3.10. The van der Waals surface area contributed by atoms with E-state index in [4.69, 9.17) is 5.84 Å². The van der Waals surface area contributed by atoms with Crippen molar-refractivity contribution in [2.75, 3.05) is 5.43 Å². The molecule has 7 nitrogen and oxygen atoms in total. The van der Waals surface area contributed by atoms with E-state index in [1.165, 1.54) is 27.1 Å². The Hall–Kier alpha value is -1.46. The molecule has 0 unspecified atom stereocenters. The lowest BCUT2D eigenvalue weighted by Crippen LogP contribution is -2.26. The first-order chi connectivity index (χ1) is 10.0. The highest BCUT2D eigenvalue weighted by molar-refractivity contribution is 7.89. The van der Waals surface area contributed by atoms with E-state index in [1.807, 2.05) is 18.4 Å². The summed E-state index contributed by atoms with van der Waals surface area (Å²) in [4.78, 5) is 5.69. The van der Waals surface area contributed by atoms with Crippen molar-refractivity contribution in [1.29, 1.82) is 0 Å². The van der Waals surface area contributed by atoms with Crippen LogP contribution in [-0.2, 0) is 16.6 Å². The molecule has 21 heavy (non-hydrogen) atoms. The number of sulfonamides is 1. The molecular weight excluding hydrogens is 330 g/mol. The van der Waals surface area contributed by atoms with Gasteiger partial charge in [-0.2, -0.15) is 4.98 Å². The van der Waals surface area contributed by atoms with Crippen LogP contribution in [0.4, 0.5) is 5.82 Å². The fourth-order valence-corrected chi connectivity index (χ4v) is 4.88. The molecule has 0 radical (unpaired) electrons. The van der Waals surface area contributed by atoms with Gasteiger partial charge >= 0.3 is 0 Å². The quantitative estimate of drug-likeness (QED) is 0.482. The molecule has 3 heterocycles. The SMILES string of the molecule is Cc1ccsc1CNS(=O)(=O)c1c(NN)nc2sccn12. The summed E-state index contributed by atoms with van der Waals surface area (Å²) in [5.74, 6) is 5.51. The van der Waals surface area contributed by atoms with E-state index >= 15 is 0 Å². The van der Waals surface area contributed by atoms with Crippen molar-refractivity contribution in [2.24, 2.45) is 5.84 Å². The van der Waals surface area contributed by atoms with E-state index in [2.05, 4.69) is 15.1 Å². The standard InChI is InChI=1S/C11H13N5O2S3/c1-7-2-4-19-8(7)6-13-21(17,18)10-9(15-12)14-11-16(10)3-5-20-11/h2-5,13,15H,6,12H2,1H3. The minimum atomic E-state index is -3.73. The van der Waals surface area contributed by atoms with Crippen molar-refractivity contribution in [2.45, 2.75) is 18.5 Å². The second kappa shape index (κ2) is 5.39. The predicted molar refractivity (Wildman–Crippen MR) is 84.0 cm³/mol. The van der Waals surface area contributed by atoms with Gasteiger partial charge in [0.25, 0.3) is 10.0 Å². The number of nitrogen functional groups attached to an aromatic ring is 1. The molecule has 0 bridgehead atoms. The van der Waals surface area contributed by atoms with Crippen LogP contribution in [0.25, 0.3) is 4.96 Å². The van der Waals surface area contributed by atoms with Crippen molar-refractivity contribution in [3.63, 3.8) is 0 Å². The maximum Gasteiger partial charge on any atom is 0.260 e. The third-order valence-corrected chi connectivity index (χ3v) is 6.20. The Morgan fingerprint density at radius 3 is 2.86 bits per heavy atom. The van der Waals surface area contributed by atoms with Crippen LogP contribution in [0.2, 0.25) is 0 Å². The fraction of sp³-hybridized carbons (Fsp3) is 0.182. The molecule has 3 aromatic heterocycles. The number of thiazole rings is 1. The van der Waals surface area contributed by atoms with Crippen LogP contribution >= 0.6 is 22.7 Å². The summed E-state index contributed by atoms with van der Waals surface area (Å²) in [6.45, 7) is 2.19. The first-order valence-electron chi connectivity index (χ1n) is 5.97. The van der Waals surface area contributed by atoms with Gasteiger partial charge in [-0.05, 0) is 23.9 Å². The number of aryl methyl sites for hydroxylation is 1. The van der Waals surface area contributed by atoms with E-state index in [0.717, 1.165) is 10.4 Å². The Labute approximate surface area is 129 Å². The fourth-order valence-electron chi connectivity index (χ4n) is 1.93. The van der Waals surface area contributed by atoms with Gasteiger partial charge < -0.3 is 5.43 Å². The van der Waals surface area contributed by atoms with Crippen LogP contribution in [-0.4, -0.2) is 17.8 Å². The van der Waals surface area contributed by atoms with Crippen LogP contribution in [0.15, 0.2) is 28.0 Å². The van der Waals surface area contributed by atoms with Gasteiger partial charge in [-0.3, -0.25) is 4.40 Å². The zero-order valence-corrected chi connectivity index (χ0v) is 13.5. The molecule has 112 valence electrons. The van der Waals surface area contributed by atoms with Gasteiger partial charge in [0.2, 0.25) is 5.03 Å². The van der Waals surface area contributed by atoms with Crippen molar-refractivity contribution in [3.05, 3.63) is 33.5 Å². The van der Waals surface area contributed by atoms with Crippen LogP contribution in [0.1, 0.15) is 10.4 Å². The molecule has 3 rings (SSSR count). The van der Waals surface area contributed by atoms with Gasteiger partial charge in [0.15, 0.2) is 10.8 Å². The first kappa shape index (κ1) is 14.5. The number of fused-ring (bicyclic) bond motifs is 1. The number of nitrogens with zero attached hydrogens (tertiary/aromatic N) is 2. The molecule has 0 atom stereocenters. The second-order valence-electron chi connectivity index (χ2n) is 4.32. The third kappa shape index (κ3) is 2.56. The molecule has 0 aliphatic carbocycles. The van der Waals surface area contributed by atoms with E-state index < -0.39 is 10.0 Å². The largest absolute Gasteiger partial charge is 0.306 e. The summed E-state index contributed by atoms with van der Waals surface area (Å²) >= 11 is 2.85. The van der Waals surface area contributed by atoms with Crippen LogP contribution < -0.4 is 16.0 Å². The van der Waals surface area contributed by atoms with Gasteiger partial charge in [0, 0.05) is 23.0 Å². The third-order valence-electron chi connectivity index (χ3n) is 3.00. The molecular formula is C11H13N5O2S3. The number of nitrogens with one attached hydrogen (secondary N) is 2. The number of nitrogens with two attached hydrogens (primary N) is 1. The molecule has 0 amide bonds. The van der Waals surface area contributed by atoms with Crippen LogP contribution in [0, 0.1) is 6.92 Å². The van der Waals surface area contributed by atoms with Crippen LogP contribution in [0.3, 0.4) is 0 Å². The Kier molecular flexibility index (Phi) is 3.71. The smallest absolute Gasteiger partial charge is 0.260 e. The minimum absolute atomic E-state index is 0.0236. The van der Waals surface area contributed by atoms with Crippen molar-refractivity contribution >= 4 is 43.5 Å². The van der Waals surface area contributed by atoms with E-state index in [9.17, 15) is 8.42 Å². The Morgan fingerprint density at radius 1 is 1.38 bits per heavy atom. The molecule has 0 saturated heterocycles. The van der Waals surface area contributed by atoms with Crippen molar-refractivity contribution in [1.82, 2.24) is 14.1 Å². The number of hydrazine groups is 1. The molecule has 0 saturated carbocycles. The van der Waals surface area contributed by atoms with Gasteiger partial charge in [-0.15, -0.1) is 22.7 Å². The number of imidazole rings is 1. The normalized spacial score (nSPS) is 12.1. The van der Waals surface area contributed by atoms with E-state index in [1.54, 1.807) is 11.6 Å². The topological polar surface area (TPSA) is 102 Å². The highest BCUT2D eigenvalue weighted by Gasteiger charge is 2.25. The first-order valence-corrected chi connectivity index (χ1v) is 9.22. The Morgan fingerprint density at radius 2 is 2.19 bits per heavy atom. The summed E-state index contributed by atoms with van der Waals surface area (Å²) in [5, 5.41) is 3.72. The number of anilines is 1. The van der Waals surface area contributed by atoms with Crippen molar-refractivity contribution < 1.29 is 8.42 Å². The number of hydrogen-bond acceptors (Lipinski definition) is 7. The van der Waals surface area contributed by atoms with E-state index in [0.29, 0.717) is 4.96 Å². The lowest BCUT2D eigenvalue weighted by atomic mass is 10.3. The molecule has 3 aromatic rings. The van der Waals surface area contributed by atoms with Gasteiger partial charge in [-0.1, -0.05) is 0 Å². The number of thiophene rings is 1. The van der Waals surface area contributed by atoms with Crippen molar-refractivity contribution in [3.8, 4) is 0 Å². The summed E-state index contributed by atoms with van der Waals surface area (Å²) < 4.78 is 29.2. The Bertz CT molecular complexity index is 877. The lowest BCUT2D eigenvalue weighted by molar-refractivity contribution is 0.577. The zero-order chi connectivity index (χ0) is 15.0. The summed E-state index contributed by atoms with van der Waals surface area (Å²) in [6, 6.07) is 1.96. The summed E-state index contributed by atoms with van der Waals surface area (Å²) in [6.07, 6.45) is 1.65. The second-order valence-corrected chi connectivity index (χ2v) is 7.87. The van der Waals surface area contributed by atoms with Gasteiger partial charge in [-0.25, -0.2) is 19.0 Å². The lowest BCUT2D eigenvalue weighted by Gasteiger charge is -2.07. The molecule has 0 aliphatic heterocycles. The molecule has 10 heteroatoms. The van der Waals surface area contributed by atoms with Gasteiger partial charge in [0.1, 0.15) is 0 Å². The number of hydrogen-bond donors (Lipinski definition) is 3. The minimum Gasteiger partial charge on any atom is -0.306 e. The maximum atomic E-state index is 12.5. The molecule has 4 N–H and O–H groups in total. The molecule has 0 aliphatic rings. The maximum absolute atomic E-state index is 12.5. The highest BCUT2D eigenvalue weighted by Crippen LogP contribution is 2.25. The highest BCUT2D eigenvalue weighted by atomic mass is 32.2. The number of aromatic nitrogens is 2. The zero-order valence-electron chi connectivity index (χ0n) is 11.0.